The third-order valence-electron chi connectivity index (χ3n) is 4.59. The number of halogens is 2. The Hall–Kier alpha value is 0.430. The van der Waals surface area contributed by atoms with E-state index in [0.29, 0.717) is 5.41 Å². The first-order valence-electron chi connectivity index (χ1n) is 7.80. The van der Waals surface area contributed by atoms with E-state index in [1.54, 1.807) is 11.3 Å². The Kier molecular flexibility index (Phi) is 6.86. The number of hydrogen-bond donors (Lipinski definition) is 1. The van der Waals surface area contributed by atoms with Crippen molar-refractivity contribution in [1.82, 2.24) is 5.32 Å². The smallest absolute Gasteiger partial charge is 0.107 e. The van der Waals surface area contributed by atoms with Gasteiger partial charge in [0.05, 0.1) is 0 Å². The van der Waals surface area contributed by atoms with Crippen LogP contribution in [0.1, 0.15) is 56.7 Å². The summed E-state index contributed by atoms with van der Waals surface area (Å²) in [7, 11) is 0. The SMILES string of the molecule is CCNCCC1(CCc2cc(Br)c(Cl)s2)CCCCC1. The maximum absolute atomic E-state index is 6.15. The number of rotatable bonds is 7. The quantitative estimate of drug-likeness (QED) is 0.570. The molecule has 114 valence electrons. The van der Waals surface area contributed by atoms with E-state index in [4.69, 9.17) is 11.6 Å². The lowest BCUT2D eigenvalue weighted by molar-refractivity contribution is 0.157. The molecule has 1 fully saturated rings. The molecular weight excluding hydrogens is 354 g/mol. The predicted molar refractivity (Wildman–Crippen MR) is 94.0 cm³/mol. The summed E-state index contributed by atoms with van der Waals surface area (Å²) in [4.78, 5) is 1.43. The van der Waals surface area contributed by atoms with Crippen LogP contribution >= 0.6 is 38.9 Å². The van der Waals surface area contributed by atoms with Crippen LogP contribution < -0.4 is 5.32 Å². The van der Waals surface area contributed by atoms with E-state index in [-0.39, 0.29) is 0 Å². The fraction of sp³-hybridized carbons (Fsp3) is 0.750. The van der Waals surface area contributed by atoms with Gasteiger partial charge in [-0.3, -0.25) is 0 Å². The van der Waals surface area contributed by atoms with Crippen LogP contribution in [0.15, 0.2) is 10.5 Å². The molecule has 1 nitrogen and oxygen atoms in total. The van der Waals surface area contributed by atoms with E-state index in [1.807, 2.05) is 0 Å². The number of thiophene rings is 1. The van der Waals surface area contributed by atoms with Crippen LogP contribution in [0.5, 0.6) is 0 Å². The highest BCUT2D eigenvalue weighted by atomic mass is 79.9. The molecule has 2 rings (SSSR count). The molecule has 1 saturated carbocycles. The van der Waals surface area contributed by atoms with Crippen molar-refractivity contribution in [2.24, 2.45) is 5.41 Å². The van der Waals surface area contributed by atoms with Gasteiger partial charge >= 0.3 is 0 Å². The first-order chi connectivity index (χ1) is 9.65. The molecule has 0 atom stereocenters. The zero-order chi connectivity index (χ0) is 14.4. The van der Waals surface area contributed by atoms with Crippen LogP contribution in [0.25, 0.3) is 0 Å². The summed E-state index contributed by atoms with van der Waals surface area (Å²) >= 11 is 11.4. The molecule has 0 aliphatic heterocycles. The highest BCUT2D eigenvalue weighted by Crippen LogP contribution is 2.44. The summed E-state index contributed by atoms with van der Waals surface area (Å²) in [5.41, 5.74) is 0.573. The third kappa shape index (κ3) is 4.72. The highest BCUT2D eigenvalue weighted by Gasteiger charge is 2.31. The van der Waals surface area contributed by atoms with Crippen LogP contribution in [0.3, 0.4) is 0 Å². The third-order valence-corrected chi connectivity index (χ3v) is 7.13. The van der Waals surface area contributed by atoms with Gasteiger partial charge in [0.15, 0.2) is 0 Å². The van der Waals surface area contributed by atoms with Crippen LogP contribution in [0.2, 0.25) is 4.34 Å². The van der Waals surface area contributed by atoms with Crippen molar-refractivity contribution in [3.05, 3.63) is 19.8 Å². The summed E-state index contributed by atoms with van der Waals surface area (Å²) in [6, 6.07) is 2.20. The Morgan fingerprint density at radius 2 is 2.05 bits per heavy atom. The summed E-state index contributed by atoms with van der Waals surface area (Å²) in [5.74, 6) is 0. The Bertz CT molecular complexity index is 393. The lowest BCUT2D eigenvalue weighted by Gasteiger charge is -2.37. The average Bonchev–Trinajstić information content (AvgIpc) is 2.77. The van der Waals surface area contributed by atoms with Gasteiger partial charge in [-0.2, -0.15) is 0 Å². The van der Waals surface area contributed by atoms with Crippen LogP contribution in [0, 0.1) is 5.41 Å². The fourth-order valence-electron chi connectivity index (χ4n) is 3.36. The molecule has 1 heterocycles. The van der Waals surface area contributed by atoms with E-state index in [0.717, 1.165) is 15.4 Å². The first kappa shape index (κ1) is 16.8. The van der Waals surface area contributed by atoms with Gasteiger partial charge in [0.25, 0.3) is 0 Å². The van der Waals surface area contributed by atoms with Crippen molar-refractivity contribution in [2.75, 3.05) is 13.1 Å². The van der Waals surface area contributed by atoms with Crippen LogP contribution in [0.4, 0.5) is 0 Å². The maximum atomic E-state index is 6.15. The van der Waals surface area contributed by atoms with E-state index < -0.39 is 0 Å². The van der Waals surface area contributed by atoms with Crippen molar-refractivity contribution in [3.63, 3.8) is 0 Å². The van der Waals surface area contributed by atoms with Gasteiger partial charge in [0.1, 0.15) is 4.34 Å². The number of aryl methyl sites for hydroxylation is 1. The first-order valence-corrected chi connectivity index (χ1v) is 9.78. The molecule has 1 aliphatic rings. The normalized spacial score (nSPS) is 18.4. The largest absolute Gasteiger partial charge is 0.317 e. The molecule has 0 unspecified atom stereocenters. The molecule has 20 heavy (non-hydrogen) atoms. The maximum Gasteiger partial charge on any atom is 0.107 e. The van der Waals surface area contributed by atoms with Gasteiger partial charge < -0.3 is 5.32 Å². The summed E-state index contributed by atoms with van der Waals surface area (Å²) in [5, 5.41) is 3.51. The average molecular weight is 379 g/mol. The summed E-state index contributed by atoms with van der Waals surface area (Å²) in [6.07, 6.45) is 10.9. The minimum absolute atomic E-state index is 0.573. The van der Waals surface area contributed by atoms with Crippen molar-refractivity contribution in [2.45, 2.75) is 58.3 Å². The molecule has 0 radical (unpaired) electrons. The van der Waals surface area contributed by atoms with Crippen molar-refractivity contribution in [1.29, 1.82) is 0 Å². The zero-order valence-corrected chi connectivity index (χ0v) is 15.5. The number of nitrogens with one attached hydrogen (secondary N) is 1. The van der Waals surface area contributed by atoms with Gasteiger partial charge in [-0.15, -0.1) is 11.3 Å². The summed E-state index contributed by atoms with van der Waals surface area (Å²) in [6.45, 7) is 4.45. The van der Waals surface area contributed by atoms with Gasteiger partial charge in [-0.05, 0) is 72.6 Å². The van der Waals surface area contributed by atoms with E-state index >= 15 is 0 Å². The molecule has 4 heteroatoms. The molecule has 1 N–H and O–H groups in total. The minimum atomic E-state index is 0.573. The van der Waals surface area contributed by atoms with Gasteiger partial charge in [0.2, 0.25) is 0 Å². The second kappa shape index (κ2) is 8.17. The van der Waals surface area contributed by atoms with E-state index in [1.165, 1.54) is 62.8 Å². The Labute approximate surface area is 140 Å². The molecule has 0 saturated heterocycles. The Balaban J connectivity index is 1.92. The van der Waals surface area contributed by atoms with E-state index in [2.05, 4.69) is 34.2 Å². The molecule has 1 aromatic rings. The molecule has 0 spiro atoms. The van der Waals surface area contributed by atoms with Crippen molar-refractivity contribution < 1.29 is 0 Å². The van der Waals surface area contributed by atoms with E-state index in [9.17, 15) is 0 Å². The second-order valence-corrected chi connectivity index (χ2v) is 8.59. The topological polar surface area (TPSA) is 12.0 Å². The second-order valence-electron chi connectivity index (χ2n) is 6.00. The van der Waals surface area contributed by atoms with Gasteiger partial charge in [-0.1, -0.05) is 37.8 Å². The monoisotopic (exact) mass is 377 g/mol. The van der Waals surface area contributed by atoms with Gasteiger partial charge in [-0.25, -0.2) is 0 Å². The standard InChI is InChI=1S/C16H25BrClNS/c1-2-19-11-10-16(7-4-3-5-8-16)9-6-13-12-14(17)15(18)20-13/h12,19H,2-11H2,1H3. The molecule has 1 aromatic heterocycles. The van der Waals surface area contributed by atoms with Crippen LogP contribution in [-0.4, -0.2) is 13.1 Å². The Morgan fingerprint density at radius 1 is 1.30 bits per heavy atom. The fourth-order valence-corrected chi connectivity index (χ4v) is 5.15. The highest BCUT2D eigenvalue weighted by molar-refractivity contribution is 9.10. The van der Waals surface area contributed by atoms with Crippen LogP contribution in [-0.2, 0) is 6.42 Å². The molecule has 0 bridgehead atoms. The van der Waals surface area contributed by atoms with Crippen molar-refractivity contribution >= 4 is 38.9 Å². The number of hydrogen-bond acceptors (Lipinski definition) is 2. The lowest BCUT2D eigenvalue weighted by Crippen LogP contribution is -2.29. The predicted octanol–water partition coefficient (Wildman–Crippen LogP) is 6.05. The molecule has 0 aromatic carbocycles. The minimum Gasteiger partial charge on any atom is -0.317 e. The summed E-state index contributed by atoms with van der Waals surface area (Å²) < 4.78 is 1.95. The Morgan fingerprint density at radius 3 is 2.65 bits per heavy atom. The zero-order valence-electron chi connectivity index (χ0n) is 12.3. The lowest BCUT2D eigenvalue weighted by atomic mass is 9.69. The van der Waals surface area contributed by atoms with Gasteiger partial charge in [0, 0.05) is 9.35 Å². The molecule has 1 aliphatic carbocycles. The molecule has 0 amide bonds. The van der Waals surface area contributed by atoms with Crippen molar-refractivity contribution in [3.8, 4) is 0 Å². The molecular formula is C16H25BrClNS.